The van der Waals surface area contributed by atoms with Crippen molar-refractivity contribution in [3.63, 3.8) is 0 Å². The van der Waals surface area contributed by atoms with Gasteiger partial charge in [0.25, 0.3) is 0 Å². The molecular formula is C29H35BNO4. The summed E-state index contributed by atoms with van der Waals surface area (Å²) in [6.07, 6.45) is -0.0285. The van der Waals surface area contributed by atoms with E-state index in [0.29, 0.717) is 18.4 Å². The van der Waals surface area contributed by atoms with E-state index in [1.807, 2.05) is 44.8 Å². The molecule has 1 aliphatic heterocycles. The summed E-state index contributed by atoms with van der Waals surface area (Å²) in [5, 5.41) is 3.14. The predicted octanol–water partition coefficient (Wildman–Crippen LogP) is 4.85. The summed E-state index contributed by atoms with van der Waals surface area (Å²) in [6.45, 7) is 4.93. The van der Waals surface area contributed by atoms with Gasteiger partial charge in [-0.15, -0.1) is 0 Å². The van der Waals surface area contributed by atoms with Gasteiger partial charge in [0.2, 0.25) is 7.41 Å². The number of hydrogen-bond acceptors (Lipinski definition) is 5. The normalized spacial score (nSPS) is 22.1. The van der Waals surface area contributed by atoms with Crippen molar-refractivity contribution in [2.45, 2.75) is 31.6 Å². The van der Waals surface area contributed by atoms with Crippen molar-refractivity contribution >= 4 is 7.41 Å². The van der Waals surface area contributed by atoms with Gasteiger partial charge in [0.05, 0.1) is 26.9 Å². The fourth-order valence-corrected chi connectivity index (χ4v) is 4.92. The van der Waals surface area contributed by atoms with E-state index in [9.17, 15) is 0 Å². The Balaban J connectivity index is 1.79. The van der Waals surface area contributed by atoms with Crippen LogP contribution in [0.1, 0.15) is 30.5 Å². The molecule has 0 bridgehead atoms. The highest BCUT2D eigenvalue weighted by molar-refractivity contribution is 6.34. The minimum Gasteiger partial charge on any atom is -0.497 e. The molecule has 0 aliphatic carbocycles. The molecule has 1 unspecified atom stereocenters. The molecule has 183 valence electrons. The summed E-state index contributed by atoms with van der Waals surface area (Å²) in [5.41, 5.74) is 2.25. The lowest BCUT2D eigenvalue weighted by Gasteiger charge is -2.37. The van der Waals surface area contributed by atoms with Gasteiger partial charge in [-0.25, -0.2) is 0 Å². The van der Waals surface area contributed by atoms with Crippen LogP contribution in [0.25, 0.3) is 0 Å². The average Bonchev–Trinajstić information content (AvgIpc) is 3.18. The zero-order chi connectivity index (χ0) is 24.8. The first-order valence-corrected chi connectivity index (χ1v) is 12.2. The summed E-state index contributed by atoms with van der Waals surface area (Å²) < 4.78 is 24.3. The number of ether oxygens (including phenoxy) is 4. The van der Waals surface area contributed by atoms with Gasteiger partial charge in [-0.05, 0) is 59.8 Å². The smallest absolute Gasteiger partial charge is 0.241 e. The first-order chi connectivity index (χ1) is 17.0. The molecule has 1 radical (unpaired) electrons. The molecular weight excluding hydrogens is 437 g/mol. The fourth-order valence-electron chi connectivity index (χ4n) is 4.92. The maximum atomic E-state index is 7.02. The van der Waals surface area contributed by atoms with Crippen molar-refractivity contribution in [1.82, 2.24) is 5.23 Å². The van der Waals surface area contributed by atoms with E-state index < -0.39 is 5.60 Å². The molecule has 1 saturated heterocycles. The molecule has 0 saturated carbocycles. The standard InChI is InChI=1S/C29H35BNO4/c1-20-21(2)28(30-31-3)35-27(20)19-34-29(22-9-7-6-8-10-22,23-11-15-25(32-4)16-12-23)24-13-17-26(33-5)18-14-24/h6-18,20-21,27-28,31H,19H2,1-5H3/t20-,21?,27-,28-/m1/s1. The highest BCUT2D eigenvalue weighted by atomic mass is 16.6. The molecule has 3 aromatic carbocycles. The Kier molecular flexibility index (Phi) is 8.17. The molecule has 6 heteroatoms. The van der Waals surface area contributed by atoms with E-state index in [0.717, 1.165) is 28.2 Å². The van der Waals surface area contributed by atoms with Crippen LogP contribution in [-0.2, 0) is 15.1 Å². The number of methoxy groups -OCH3 is 2. The van der Waals surface area contributed by atoms with Crippen LogP contribution in [0.15, 0.2) is 78.9 Å². The van der Waals surface area contributed by atoms with Crippen LogP contribution in [0.5, 0.6) is 11.5 Å². The molecule has 0 amide bonds. The van der Waals surface area contributed by atoms with Gasteiger partial charge >= 0.3 is 0 Å². The number of benzene rings is 3. The molecule has 35 heavy (non-hydrogen) atoms. The van der Waals surface area contributed by atoms with E-state index in [4.69, 9.17) is 18.9 Å². The van der Waals surface area contributed by atoms with E-state index in [-0.39, 0.29) is 12.1 Å². The van der Waals surface area contributed by atoms with E-state index >= 15 is 0 Å². The van der Waals surface area contributed by atoms with Gasteiger partial charge in [0.1, 0.15) is 17.1 Å². The third-order valence-corrected chi connectivity index (χ3v) is 7.23. The van der Waals surface area contributed by atoms with Crippen molar-refractivity contribution in [3.05, 3.63) is 95.6 Å². The quantitative estimate of drug-likeness (QED) is 0.338. The van der Waals surface area contributed by atoms with Crippen molar-refractivity contribution in [2.24, 2.45) is 11.8 Å². The van der Waals surface area contributed by atoms with Crippen LogP contribution in [0.4, 0.5) is 0 Å². The number of nitrogens with one attached hydrogen (secondary N) is 1. The third kappa shape index (κ3) is 5.11. The van der Waals surface area contributed by atoms with Crippen LogP contribution in [-0.4, -0.2) is 47.4 Å². The zero-order valence-corrected chi connectivity index (χ0v) is 21.2. The van der Waals surface area contributed by atoms with Crippen LogP contribution in [0.3, 0.4) is 0 Å². The lowest BCUT2D eigenvalue weighted by Crippen LogP contribution is -2.37. The van der Waals surface area contributed by atoms with Gasteiger partial charge in [-0.2, -0.15) is 0 Å². The molecule has 0 aromatic heterocycles. The maximum absolute atomic E-state index is 7.02. The van der Waals surface area contributed by atoms with Crippen molar-refractivity contribution in [1.29, 1.82) is 0 Å². The second kappa shape index (κ2) is 11.3. The van der Waals surface area contributed by atoms with Gasteiger partial charge in [-0.3, -0.25) is 0 Å². The summed E-state index contributed by atoms with van der Waals surface area (Å²) in [4.78, 5) is 0. The molecule has 1 heterocycles. The van der Waals surface area contributed by atoms with Crippen molar-refractivity contribution in [2.75, 3.05) is 27.9 Å². The van der Waals surface area contributed by atoms with E-state index in [1.54, 1.807) is 14.2 Å². The molecule has 1 N–H and O–H groups in total. The summed E-state index contributed by atoms with van der Waals surface area (Å²) in [7, 11) is 7.30. The SMILES string of the molecule is CN[B][C@@H]1O[C@H](COC(c2ccccc2)(c2ccc(OC)cc2)c2ccc(OC)cc2)[C@H](C)C1C. The topological polar surface area (TPSA) is 49.0 Å². The zero-order valence-electron chi connectivity index (χ0n) is 21.2. The third-order valence-electron chi connectivity index (χ3n) is 7.23. The molecule has 4 rings (SSSR count). The summed E-state index contributed by atoms with van der Waals surface area (Å²) in [6, 6.07) is 26.7. The van der Waals surface area contributed by atoms with Gasteiger partial charge < -0.3 is 24.2 Å². The van der Waals surface area contributed by atoms with Crippen LogP contribution in [0.2, 0.25) is 0 Å². The average molecular weight is 472 g/mol. The molecule has 4 atom stereocenters. The second-order valence-corrected chi connectivity index (χ2v) is 9.13. The highest BCUT2D eigenvalue weighted by Crippen LogP contribution is 2.43. The molecule has 3 aromatic rings. The Morgan fingerprint density at radius 2 is 1.29 bits per heavy atom. The van der Waals surface area contributed by atoms with E-state index in [1.165, 1.54) is 0 Å². The van der Waals surface area contributed by atoms with Gasteiger partial charge in [-0.1, -0.05) is 68.4 Å². The largest absolute Gasteiger partial charge is 0.497 e. The molecule has 0 spiro atoms. The second-order valence-electron chi connectivity index (χ2n) is 9.13. The van der Waals surface area contributed by atoms with Crippen LogP contribution >= 0.6 is 0 Å². The minimum absolute atomic E-state index is 0.0285. The van der Waals surface area contributed by atoms with Crippen LogP contribution in [0, 0.1) is 11.8 Å². The summed E-state index contributed by atoms with van der Waals surface area (Å²) >= 11 is 0. The number of hydrogen-bond donors (Lipinski definition) is 1. The Morgan fingerprint density at radius 3 is 1.77 bits per heavy atom. The Labute approximate surface area is 210 Å². The Bertz CT molecular complexity index is 1010. The van der Waals surface area contributed by atoms with Gasteiger partial charge in [0.15, 0.2) is 0 Å². The highest BCUT2D eigenvalue weighted by Gasteiger charge is 2.43. The first kappa shape index (κ1) is 25.3. The van der Waals surface area contributed by atoms with E-state index in [2.05, 4.69) is 67.6 Å². The number of rotatable bonds is 10. The monoisotopic (exact) mass is 472 g/mol. The molecule has 1 fully saturated rings. The lowest BCUT2D eigenvalue weighted by atomic mass is 9.74. The van der Waals surface area contributed by atoms with Crippen LogP contribution < -0.4 is 14.7 Å². The lowest BCUT2D eigenvalue weighted by molar-refractivity contribution is -0.0593. The van der Waals surface area contributed by atoms with Crippen molar-refractivity contribution in [3.8, 4) is 11.5 Å². The van der Waals surface area contributed by atoms with Gasteiger partial charge in [0, 0.05) is 6.00 Å². The maximum Gasteiger partial charge on any atom is 0.241 e. The fraction of sp³-hybridized carbons (Fsp3) is 0.379. The predicted molar refractivity (Wildman–Crippen MR) is 140 cm³/mol. The molecule has 1 aliphatic rings. The minimum atomic E-state index is -0.836. The Morgan fingerprint density at radius 1 is 0.771 bits per heavy atom. The Hall–Kier alpha value is -2.80. The summed E-state index contributed by atoms with van der Waals surface area (Å²) in [5.74, 6) is 2.35. The molecule has 5 nitrogen and oxygen atoms in total. The first-order valence-electron chi connectivity index (χ1n) is 12.2. The van der Waals surface area contributed by atoms with Crippen molar-refractivity contribution < 1.29 is 18.9 Å².